The number of fused-ring (bicyclic) bond motifs is 2. The van der Waals surface area contributed by atoms with Crippen molar-refractivity contribution in [2.24, 2.45) is 0 Å². The third kappa shape index (κ3) is 3.46. The van der Waals surface area contributed by atoms with E-state index in [0.717, 1.165) is 25.9 Å². The quantitative estimate of drug-likeness (QED) is 0.873. The van der Waals surface area contributed by atoms with E-state index in [9.17, 15) is 4.79 Å². The molecule has 2 aliphatic heterocycles. The minimum atomic E-state index is -0.0419. The summed E-state index contributed by atoms with van der Waals surface area (Å²) in [5.41, 5.74) is 0.477. The molecule has 0 aliphatic carbocycles. The lowest BCUT2D eigenvalue weighted by Gasteiger charge is -2.25. The summed E-state index contributed by atoms with van der Waals surface area (Å²) in [5.74, 6) is 0.427. The Morgan fingerprint density at radius 1 is 1.23 bits per heavy atom. The first kappa shape index (κ1) is 17.7. The number of hydrogen-bond donors (Lipinski definition) is 1. The molecule has 3 rings (SSSR count). The Balaban J connectivity index is 0.00000176. The molecule has 2 bridgehead atoms. The second-order valence-corrected chi connectivity index (χ2v) is 6.46. The molecule has 0 radical (unpaired) electrons. The Morgan fingerprint density at radius 3 is 2.64 bits per heavy atom. The van der Waals surface area contributed by atoms with Crippen LogP contribution in [-0.4, -0.2) is 43.1 Å². The number of likely N-dealkylation sites (tertiary alicyclic amines) is 1. The van der Waals surface area contributed by atoms with Crippen LogP contribution in [0.1, 0.15) is 29.6 Å². The number of halogens is 3. The van der Waals surface area contributed by atoms with E-state index in [2.05, 4.69) is 5.32 Å². The number of rotatable bonds is 2. The Kier molecular flexibility index (Phi) is 5.83. The van der Waals surface area contributed by atoms with Crippen molar-refractivity contribution in [2.75, 3.05) is 20.2 Å². The van der Waals surface area contributed by atoms with Crippen molar-refractivity contribution >= 4 is 41.5 Å². The molecule has 1 amide bonds. The minimum absolute atomic E-state index is 0. The van der Waals surface area contributed by atoms with Crippen LogP contribution in [0.4, 0.5) is 0 Å². The van der Waals surface area contributed by atoms with Gasteiger partial charge in [-0.05, 0) is 25.3 Å². The van der Waals surface area contributed by atoms with Crippen LogP contribution >= 0.6 is 35.6 Å². The summed E-state index contributed by atoms with van der Waals surface area (Å²) in [7, 11) is 1.53. The van der Waals surface area contributed by atoms with Gasteiger partial charge >= 0.3 is 0 Å². The fraction of sp³-hybridized carbons (Fsp3) is 0.533. The highest BCUT2D eigenvalue weighted by Gasteiger charge is 2.32. The van der Waals surface area contributed by atoms with Crippen molar-refractivity contribution in [1.82, 2.24) is 10.2 Å². The molecule has 7 heteroatoms. The lowest BCUT2D eigenvalue weighted by Crippen LogP contribution is -2.39. The second kappa shape index (κ2) is 7.26. The topological polar surface area (TPSA) is 41.6 Å². The zero-order chi connectivity index (χ0) is 15.0. The molecule has 2 saturated heterocycles. The monoisotopic (exact) mass is 364 g/mol. The van der Waals surface area contributed by atoms with Gasteiger partial charge in [0.2, 0.25) is 0 Å². The van der Waals surface area contributed by atoms with Crippen LogP contribution < -0.4 is 10.1 Å². The van der Waals surface area contributed by atoms with Gasteiger partial charge in [-0.3, -0.25) is 4.79 Å². The van der Waals surface area contributed by atoms with Gasteiger partial charge in [0.25, 0.3) is 5.91 Å². The van der Waals surface area contributed by atoms with E-state index in [4.69, 9.17) is 27.9 Å². The summed E-state index contributed by atoms with van der Waals surface area (Å²) >= 11 is 12.0. The van der Waals surface area contributed by atoms with E-state index in [0.29, 0.717) is 33.4 Å². The summed E-state index contributed by atoms with van der Waals surface area (Å²) < 4.78 is 5.28. The highest BCUT2D eigenvalue weighted by Crippen LogP contribution is 2.32. The van der Waals surface area contributed by atoms with Crippen molar-refractivity contribution < 1.29 is 9.53 Å². The standard InChI is InChI=1S/C15H18Cl2N2O2.ClH/c1-21-14-7-13(17)12(16)6-11(14)15(20)19-5-4-9-2-3-10(8-19)18-9;/h6-7,9-10,18H,2-5,8H2,1H3;1H. The number of nitrogens with one attached hydrogen (secondary N) is 1. The van der Waals surface area contributed by atoms with Crippen LogP contribution in [-0.2, 0) is 0 Å². The zero-order valence-corrected chi connectivity index (χ0v) is 14.6. The van der Waals surface area contributed by atoms with Crippen LogP contribution in [0.2, 0.25) is 10.0 Å². The van der Waals surface area contributed by atoms with Gasteiger partial charge in [0.1, 0.15) is 5.75 Å². The van der Waals surface area contributed by atoms with Gasteiger partial charge in [-0.2, -0.15) is 0 Å². The molecule has 1 aromatic rings. The van der Waals surface area contributed by atoms with E-state index in [1.54, 1.807) is 12.1 Å². The third-order valence-corrected chi connectivity index (χ3v) is 5.01. The molecule has 1 aromatic carbocycles. The first-order chi connectivity index (χ1) is 10.1. The molecule has 122 valence electrons. The molecule has 4 nitrogen and oxygen atoms in total. The third-order valence-electron chi connectivity index (χ3n) is 4.28. The molecule has 1 N–H and O–H groups in total. The maximum atomic E-state index is 12.8. The van der Waals surface area contributed by atoms with Crippen molar-refractivity contribution in [3.8, 4) is 5.75 Å². The van der Waals surface area contributed by atoms with Gasteiger partial charge in [-0.25, -0.2) is 0 Å². The van der Waals surface area contributed by atoms with Gasteiger partial charge in [-0.1, -0.05) is 23.2 Å². The van der Waals surface area contributed by atoms with Crippen LogP contribution in [0.15, 0.2) is 12.1 Å². The number of amides is 1. The van der Waals surface area contributed by atoms with Crippen LogP contribution in [0.5, 0.6) is 5.75 Å². The Hall–Kier alpha value is -0.680. The molecule has 0 saturated carbocycles. The van der Waals surface area contributed by atoms with Crippen LogP contribution in [0.25, 0.3) is 0 Å². The van der Waals surface area contributed by atoms with Gasteiger partial charge in [0, 0.05) is 31.2 Å². The van der Waals surface area contributed by atoms with Gasteiger partial charge < -0.3 is 15.0 Å². The summed E-state index contributed by atoms with van der Waals surface area (Å²) in [4.78, 5) is 14.7. The molecule has 2 aliphatic rings. The van der Waals surface area contributed by atoms with Crippen molar-refractivity contribution in [3.05, 3.63) is 27.7 Å². The van der Waals surface area contributed by atoms with E-state index in [1.807, 2.05) is 4.90 Å². The molecular formula is C15H19Cl3N2O2. The van der Waals surface area contributed by atoms with Gasteiger partial charge in [0.15, 0.2) is 0 Å². The smallest absolute Gasteiger partial charge is 0.257 e. The number of hydrogen-bond acceptors (Lipinski definition) is 3. The number of benzene rings is 1. The Bertz CT molecular complexity index is 568. The number of carbonyl (C=O) groups excluding carboxylic acids is 1. The lowest BCUT2D eigenvalue weighted by atomic mass is 10.1. The fourth-order valence-electron chi connectivity index (χ4n) is 3.16. The Morgan fingerprint density at radius 2 is 1.91 bits per heavy atom. The molecule has 2 fully saturated rings. The maximum absolute atomic E-state index is 12.8. The zero-order valence-electron chi connectivity index (χ0n) is 12.3. The molecule has 2 unspecified atom stereocenters. The van der Waals surface area contributed by atoms with Crippen molar-refractivity contribution in [3.63, 3.8) is 0 Å². The first-order valence-electron chi connectivity index (χ1n) is 7.17. The van der Waals surface area contributed by atoms with Crippen LogP contribution in [0, 0.1) is 0 Å². The highest BCUT2D eigenvalue weighted by molar-refractivity contribution is 6.42. The number of nitrogens with zero attached hydrogens (tertiary/aromatic N) is 1. The predicted molar refractivity (Wildman–Crippen MR) is 90.7 cm³/mol. The second-order valence-electron chi connectivity index (χ2n) is 5.64. The molecule has 0 aromatic heterocycles. The first-order valence-corrected chi connectivity index (χ1v) is 7.92. The summed E-state index contributed by atoms with van der Waals surface area (Å²) in [6, 6.07) is 4.14. The van der Waals surface area contributed by atoms with Gasteiger partial charge in [-0.15, -0.1) is 12.4 Å². The fourth-order valence-corrected chi connectivity index (χ4v) is 3.48. The number of ether oxygens (including phenoxy) is 1. The normalized spacial score (nSPS) is 23.7. The van der Waals surface area contributed by atoms with E-state index < -0.39 is 0 Å². The molecule has 2 heterocycles. The largest absolute Gasteiger partial charge is 0.496 e. The van der Waals surface area contributed by atoms with Crippen molar-refractivity contribution in [1.29, 1.82) is 0 Å². The predicted octanol–water partition coefficient (Wildman–Crippen LogP) is 3.39. The SMILES string of the molecule is COc1cc(Cl)c(Cl)cc1C(=O)N1CCC2CCC(C1)N2.Cl. The Labute approximate surface area is 146 Å². The lowest BCUT2D eigenvalue weighted by molar-refractivity contribution is 0.0745. The average Bonchev–Trinajstić information content (AvgIpc) is 2.80. The maximum Gasteiger partial charge on any atom is 0.257 e. The number of methoxy groups -OCH3 is 1. The molecule has 0 spiro atoms. The molecule has 22 heavy (non-hydrogen) atoms. The minimum Gasteiger partial charge on any atom is -0.496 e. The summed E-state index contributed by atoms with van der Waals surface area (Å²) in [6.07, 6.45) is 3.33. The van der Waals surface area contributed by atoms with Gasteiger partial charge in [0.05, 0.1) is 22.7 Å². The van der Waals surface area contributed by atoms with E-state index in [-0.39, 0.29) is 18.3 Å². The van der Waals surface area contributed by atoms with E-state index >= 15 is 0 Å². The average molecular weight is 366 g/mol. The molecular weight excluding hydrogens is 347 g/mol. The van der Waals surface area contributed by atoms with Crippen LogP contribution in [0.3, 0.4) is 0 Å². The highest BCUT2D eigenvalue weighted by atomic mass is 35.5. The number of carbonyl (C=O) groups is 1. The van der Waals surface area contributed by atoms with E-state index in [1.165, 1.54) is 13.5 Å². The summed E-state index contributed by atoms with van der Waals surface area (Å²) in [6.45, 7) is 1.50. The molecule has 2 atom stereocenters. The summed E-state index contributed by atoms with van der Waals surface area (Å²) in [5, 5.41) is 4.33. The van der Waals surface area contributed by atoms with Crippen molar-refractivity contribution in [2.45, 2.75) is 31.3 Å².